The van der Waals surface area contributed by atoms with Crippen LogP contribution in [-0.4, -0.2) is 12.6 Å². The van der Waals surface area contributed by atoms with Crippen LogP contribution in [0.1, 0.15) is 6.92 Å². The average Bonchev–Trinajstić information content (AvgIpc) is 1.87. The summed E-state index contributed by atoms with van der Waals surface area (Å²) < 4.78 is 4.80. The van der Waals surface area contributed by atoms with Crippen molar-refractivity contribution in [3.8, 4) is 0 Å². The fraction of sp³-hybridized carbons (Fsp3) is 0.286. The molecule has 0 saturated heterocycles. The molecule has 3 nitrogen and oxygen atoms in total. The van der Waals surface area contributed by atoms with Crippen LogP contribution in [-0.2, 0) is 9.53 Å². The molecule has 0 aromatic rings. The summed E-state index contributed by atoms with van der Waals surface area (Å²) in [6, 6.07) is 0. The molecule has 0 aliphatic rings. The number of hydrogen-bond acceptors (Lipinski definition) is 2. The van der Waals surface area contributed by atoms with Gasteiger partial charge in [0.05, 0.1) is 6.26 Å². The van der Waals surface area contributed by atoms with Gasteiger partial charge in [0, 0.05) is 6.92 Å². The van der Waals surface area contributed by atoms with E-state index in [1.54, 1.807) is 12.2 Å². The normalized spacial score (nSPS) is 9.30. The molecule has 56 valence electrons. The Morgan fingerprint density at radius 2 is 2.50 bits per heavy atom. The molecular weight excluding hydrogens is 130 g/mol. The Morgan fingerprint density at radius 3 is 3.00 bits per heavy atom. The van der Waals surface area contributed by atoms with Crippen LogP contribution in [0.5, 0.6) is 0 Å². The first-order chi connectivity index (χ1) is 4.77. The van der Waals surface area contributed by atoms with Gasteiger partial charge in [0.2, 0.25) is 5.91 Å². The number of nitrogens with one attached hydrogen (secondary N) is 1. The summed E-state index contributed by atoms with van der Waals surface area (Å²) in [5.41, 5.74) is 0. The molecule has 10 heavy (non-hydrogen) atoms. The molecule has 1 N–H and O–H groups in total. The van der Waals surface area contributed by atoms with E-state index >= 15 is 0 Å². The predicted molar refractivity (Wildman–Crippen MR) is 39.1 cm³/mol. The maximum absolute atomic E-state index is 10.2. The Labute approximate surface area is 60.4 Å². The maximum atomic E-state index is 10.2. The second-order valence-electron chi connectivity index (χ2n) is 1.61. The van der Waals surface area contributed by atoms with E-state index in [9.17, 15) is 4.79 Å². The molecule has 0 spiro atoms. The standard InChI is InChI=1S/C7H11NO2/c1-3-4-5-10-6-8-7(2)9/h3-5H,1,6H2,2H3,(H,8,9)/b5-4-. The van der Waals surface area contributed by atoms with Crippen LogP contribution in [0.25, 0.3) is 0 Å². The van der Waals surface area contributed by atoms with Gasteiger partial charge in [0.25, 0.3) is 0 Å². The molecule has 0 fully saturated rings. The smallest absolute Gasteiger partial charge is 0.219 e. The second-order valence-corrected chi connectivity index (χ2v) is 1.61. The number of ether oxygens (including phenoxy) is 1. The largest absolute Gasteiger partial charge is 0.481 e. The van der Waals surface area contributed by atoms with Crippen LogP contribution >= 0.6 is 0 Å². The van der Waals surface area contributed by atoms with Gasteiger partial charge >= 0.3 is 0 Å². The summed E-state index contributed by atoms with van der Waals surface area (Å²) in [7, 11) is 0. The van der Waals surface area contributed by atoms with Gasteiger partial charge in [-0.3, -0.25) is 4.79 Å². The molecular formula is C7H11NO2. The van der Waals surface area contributed by atoms with Gasteiger partial charge in [-0.25, -0.2) is 0 Å². The van der Waals surface area contributed by atoms with E-state index in [1.165, 1.54) is 13.2 Å². The summed E-state index contributed by atoms with van der Waals surface area (Å²) in [6.45, 7) is 5.08. The lowest BCUT2D eigenvalue weighted by Crippen LogP contribution is -2.21. The fourth-order valence-electron chi connectivity index (χ4n) is 0.303. The van der Waals surface area contributed by atoms with Crippen molar-refractivity contribution in [2.45, 2.75) is 6.92 Å². The summed E-state index contributed by atoms with van der Waals surface area (Å²) in [5.74, 6) is -0.105. The second kappa shape index (κ2) is 5.88. The number of amides is 1. The van der Waals surface area contributed by atoms with Gasteiger partial charge in [-0.15, -0.1) is 0 Å². The third kappa shape index (κ3) is 6.75. The third-order valence-electron chi connectivity index (χ3n) is 0.715. The molecule has 0 atom stereocenters. The van der Waals surface area contributed by atoms with E-state index in [2.05, 4.69) is 11.9 Å². The molecule has 0 heterocycles. The van der Waals surface area contributed by atoms with Gasteiger partial charge < -0.3 is 10.1 Å². The zero-order chi connectivity index (χ0) is 7.82. The van der Waals surface area contributed by atoms with Crippen LogP contribution in [0.15, 0.2) is 25.0 Å². The minimum absolute atomic E-state index is 0.105. The Kier molecular flexibility index (Phi) is 5.14. The van der Waals surface area contributed by atoms with Crippen LogP contribution in [0, 0.1) is 0 Å². The lowest BCUT2D eigenvalue weighted by molar-refractivity contribution is -0.120. The lowest BCUT2D eigenvalue weighted by atomic mass is 10.6. The van der Waals surface area contributed by atoms with Crippen molar-refractivity contribution in [1.29, 1.82) is 0 Å². The van der Waals surface area contributed by atoms with Crippen LogP contribution in [0.4, 0.5) is 0 Å². The minimum atomic E-state index is -0.105. The molecule has 0 aromatic carbocycles. The van der Waals surface area contributed by atoms with Crippen molar-refractivity contribution in [3.63, 3.8) is 0 Å². The van der Waals surface area contributed by atoms with Crippen molar-refractivity contribution in [2.24, 2.45) is 0 Å². The Hall–Kier alpha value is -1.25. The first-order valence-corrected chi connectivity index (χ1v) is 2.91. The first-order valence-electron chi connectivity index (χ1n) is 2.91. The van der Waals surface area contributed by atoms with E-state index in [4.69, 9.17) is 4.74 Å². The molecule has 3 heteroatoms. The highest BCUT2D eigenvalue weighted by Gasteiger charge is 1.84. The third-order valence-corrected chi connectivity index (χ3v) is 0.715. The summed E-state index contributed by atoms with van der Waals surface area (Å²) in [6.07, 6.45) is 4.69. The summed E-state index contributed by atoms with van der Waals surface area (Å²) >= 11 is 0. The van der Waals surface area contributed by atoms with Crippen molar-refractivity contribution in [2.75, 3.05) is 6.73 Å². The van der Waals surface area contributed by atoms with Gasteiger partial charge in [-0.05, 0) is 6.08 Å². The quantitative estimate of drug-likeness (QED) is 0.272. The van der Waals surface area contributed by atoms with Gasteiger partial charge in [0.15, 0.2) is 6.73 Å². The Bertz CT molecular complexity index is 141. The number of carbonyl (C=O) groups is 1. The lowest BCUT2D eigenvalue weighted by Gasteiger charge is -1.98. The molecule has 0 unspecified atom stereocenters. The number of allylic oxidation sites excluding steroid dienone is 2. The zero-order valence-electron chi connectivity index (χ0n) is 5.96. The van der Waals surface area contributed by atoms with Crippen LogP contribution in [0.3, 0.4) is 0 Å². The van der Waals surface area contributed by atoms with Crippen LogP contribution < -0.4 is 5.32 Å². The molecule has 0 rings (SSSR count). The molecule has 1 amide bonds. The van der Waals surface area contributed by atoms with E-state index in [1.807, 2.05) is 0 Å². The monoisotopic (exact) mass is 141 g/mol. The van der Waals surface area contributed by atoms with Gasteiger partial charge in [-0.2, -0.15) is 0 Å². The van der Waals surface area contributed by atoms with Crippen molar-refractivity contribution < 1.29 is 9.53 Å². The Morgan fingerprint density at radius 1 is 1.80 bits per heavy atom. The first kappa shape index (κ1) is 8.75. The van der Waals surface area contributed by atoms with E-state index in [0.29, 0.717) is 0 Å². The highest BCUT2D eigenvalue weighted by Crippen LogP contribution is 1.75. The highest BCUT2D eigenvalue weighted by molar-refractivity contribution is 5.72. The molecule has 0 aliphatic carbocycles. The predicted octanol–water partition coefficient (Wildman–Crippen LogP) is 0.796. The number of hydrogen-bond donors (Lipinski definition) is 1. The Balaban J connectivity index is 3.12. The topological polar surface area (TPSA) is 38.3 Å². The highest BCUT2D eigenvalue weighted by atomic mass is 16.5. The van der Waals surface area contributed by atoms with E-state index in [0.717, 1.165) is 0 Å². The minimum Gasteiger partial charge on any atom is -0.481 e. The van der Waals surface area contributed by atoms with Crippen molar-refractivity contribution in [1.82, 2.24) is 5.32 Å². The molecule has 0 aromatic heterocycles. The summed E-state index contributed by atoms with van der Waals surface area (Å²) in [4.78, 5) is 10.2. The maximum Gasteiger partial charge on any atom is 0.219 e. The van der Waals surface area contributed by atoms with Crippen molar-refractivity contribution >= 4 is 5.91 Å². The molecule has 0 radical (unpaired) electrons. The van der Waals surface area contributed by atoms with E-state index < -0.39 is 0 Å². The van der Waals surface area contributed by atoms with Gasteiger partial charge in [0.1, 0.15) is 0 Å². The SMILES string of the molecule is C=C/C=C\OCNC(C)=O. The fourth-order valence-corrected chi connectivity index (χ4v) is 0.303. The number of rotatable bonds is 4. The molecule has 0 bridgehead atoms. The molecule has 0 saturated carbocycles. The van der Waals surface area contributed by atoms with E-state index in [-0.39, 0.29) is 12.6 Å². The van der Waals surface area contributed by atoms with Crippen LogP contribution in [0.2, 0.25) is 0 Å². The number of carbonyl (C=O) groups excluding carboxylic acids is 1. The molecule has 0 aliphatic heterocycles. The average molecular weight is 141 g/mol. The van der Waals surface area contributed by atoms with Gasteiger partial charge in [-0.1, -0.05) is 12.7 Å². The summed E-state index contributed by atoms with van der Waals surface area (Å²) in [5, 5.41) is 2.46. The van der Waals surface area contributed by atoms with Crippen molar-refractivity contribution in [3.05, 3.63) is 25.0 Å². The zero-order valence-corrected chi connectivity index (χ0v) is 5.96.